The van der Waals surface area contributed by atoms with Crippen LogP contribution in [-0.2, 0) is 6.54 Å². The molecule has 0 bridgehead atoms. The number of rotatable bonds is 6. The van der Waals surface area contributed by atoms with E-state index in [1.54, 1.807) is 29.6 Å². The van der Waals surface area contributed by atoms with Gasteiger partial charge >= 0.3 is 0 Å². The van der Waals surface area contributed by atoms with E-state index >= 15 is 0 Å². The Morgan fingerprint density at radius 1 is 1.45 bits per heavy atom. The highest BCUT2D eigenvalue weighted by molar-refractivity contribution is 7.09. The van der Waals surface area contributed by atoms with Crippen molar-refractivity contribution in [2.45, 2.75) is 19.6 Å². The maximum absolute atomic E-state index is 11.9. The van der Waals surface area contributed by atoms with Gasteiger partial charge < -0.3 is 15.8 Å². The van der Waals surface area contributed by atoms with Gasteiger partial charge in [-0.2, -0.15) is 0 Å². The minimum absolute atomic E-state index is 0. The van der Waals surface area contributed by atoms with Crippen LogP contribution in [0.5, 0.6) is 5.75 Å². The van der Waals surface area contributed by atoms with Crippen LogP contribution in [0, 0.1) is 0 Å². The molecule has 22 heavy (non-hydrogen) atoms. The Hall–Kier alpha value is -1.34. The van der Waals surface area contributed by atoms with E-state index in [9.17, 15) is 4.79 Å². The number of hydrogen-bond acceptors (Lipinski definition) is 5. The molecule has 8 heteroatoms. The minimum atomic E-state index is -0.225. The van der Waals surface area contributed by atoms with Crippen molar-refractivity contribution >= 4 is 41.3 Å². The summed E-state index contributed by atoms with van der Waals surface area (Å²) in [6, 6.07) is 7.08. The molecule has 1 aromatic heterocycles. The molecule has 0 saturated carbocycles. The predicted octanol–water partition coefficient (Wildman–Crippen LogP) is 2.87. The Labute approximate surface area is 144 Å². The molecule has 120 valence electrons. The molecule has 1 heterocycles. The van der Waals surface area contributed by atoms with Crippen LogP contribution in [0.15, 0.2) is 29.6 Å². The topological polar surface area (TPSA) is 77.2 Å². The number of nitrogens with zero attached hydrogens (tertiary/aromatic N) is 1. The Morgan fingerprint density at radius 3 is 2.73 bits per heavy atom. The Balaban J connectivity index is 0.00000242. The number of hydrogen-bond donors (Lipinski definition) is 2. The summed E-state index contributed by atoms with van der Waals surface area (Å²) < 4.78 is 5.67. The highest BCUT2D eigenvalue weighted by atomic mass is 35.5. The molecular formula is C14H17Cl2N3O2S. The van der Waals surface area contributed by atoms with Crippen LogP contribution >= 0.6 is 35.3 Å². The summed E-state index contributed by atoms with van der Waals surface area (Å²) in [5.74, 6) is 0.484. The van der Waals surface area contributed by atoms with Gasteiger partial charge in [-0.15, -0.1) is 23.7 Å². The number of halogens is 2. The predicted molar refractivity (Wildman–Crippen MR) is 91.1 cm³/mol. The van der Waals surface area contributed by atoms with Crippen LogP contribution in [0.4, 0.5) is 0 Å². The van der Waals surface area contributed by atoms with Crippen LogP contribution < -0.4 is 15.8 Å². The Kier molecular flexibility index (Phi) is 7.61. The number of nitrogens with two attached hydrogens (primary N) is 1. The fourth-order valence-electron chi connectivity index (χ4n) is 1.62. The number of aromatic nitrogens is 1. The summed E-state index contributed by atoms with van der Waals surface area (Å²) in [6.07, 6.45) is -0.164. The Bertz CT molecular complexity index is 604. The zero-order valence-corrected chi connectivity index (χ0v) is 14.3. The first-order chi connectivity index (χ1) is 10.1. The zero-order valence-electron chi connectivity index (χ0n) is 11.9. The molecule has 2 aromatic rings. The average molecular weight is 362 g/mol. The largest absolute Gasteiger partial charge is 0.489 e. The molecule has 0 spiro atoms. The number of ether oxygens (including phenoxy) is 1. The quantitative estimate of drug-likeness (QED) is 0.829. The smallest absolute Gasteiger partial charge is 0.270 e. The van der Waals surface area contributed by atoms with Crippen molar-refractivity contribution in [2.75, 3.05) is 6.54 Å². The van der Waals surface area contributed by atoms with Crippen molar-refractivity contribution in [1.29, 1.82) is 0 Å². The van der Waals surface area contributed by atoms with Crippen molar-refractivity contribution in [3.63, 3.8) is 0 Å². The van der Waals surface area contributed by atoms with E-state index in [0.717, 1.165) is 5.01 Å². The molecule has 2 rings (SSSR count). The van der Waals surface area contributed by atoms with Gasteiger partial charge in [-0.1, -0.05) is 11.6 Å². The van der Waals surface area contributed by atoms with Crippen molar-refractivity contribution in [3.05, 3.63) is 45.4 Å². The second-order valence-corrected chi connectivity index (χ2v) is 5.80. The van der Waals surface area contributed by atoms with Gasteiger partial charge in [0.2, 0.25) is 0 Å². The van der Waals surface area contributed by atoms with E-state index in [4.69, 9.17) is 22.1 Å². The summed E-state index contributed by atoms with van der Waals surface area (Å²) in [7, 11) is 0. The molecule has 1 aromatic carbocycles. The van der Waals surface area contributed by atoms with Crippen molar-refractivity contribution < 1.29 is 9.53 Å². The maximum atomic E-state index is 11.9. The van der Waals surface area contributed by atoms with Gasteiger partial charge in [0.1, 0.15) is 22.6 Å². The van der Waals surface area contributed by atoms with Gasteiger partial charge in [-0.05, 0) is 31.2 Å². The standard InChI is InChI=1S/C14H16ClN3O2S.ClH/c1-9(20-11-4-2-10(15)3-5-11)7-17-14(19)12-8-21-13(6-16)18-12;/h2-5,8-9H,6-7,16H2,1H3,(H,17,19);1H. The monoisotopic (exact) mass is 361 g/mol. The number of amides is 1. The van der Waals surface area contributed by atoms with Gasteiger partial charge in [-0.25, -0.2) is 4.98 Å². The summed E-state index contributed by atoms with van der Waals surface area (Å²) in [4.78, 5) is 16.0. The van der Waals surface area contributed by atoms with E-state index in [1.807, 2.05) is 6.92 Å². The number of nitrogens with one attached hydrogen (secondary N) is 1. The second kappa shape index (κ2) is 8.95. The van der Waals surface area contributed by atoms with Gasteiger partial charge in [0.05, 0.1) is 6.54 Å². The van der Waals surface area contributed by atoms with Crippen molar-refractivity contribution in [2.24, 2.45) is 5.73 Å². The van der Waals surface area contributed by atoms with Gasteiger partial charge in [0.15, 0.2) is 0 Å². The molecule has 0 aliphatic rings. The van der Waals surface area contributed by atoms with Crippen molar-refractivity contribution in [1.82, 2.24) is 10.3 Å². The second-order valence-electron chi connectivity index (χ2n) is 4.42. The van der Waals surface area contributed by atoms with Crippen LogP contribution in [0.3, 0.4) is 0 Å². The lowest BCUT2D eigenvalue weighted by Crippen LogP contribution is -2.33. The van der Waals surface area contributed by atoms with Crippen LogP contribution in [-0.4, -0.2) is 23.5 Å². The van der Waals surface area contributed by atoms with E-state index in [2.05, 4.69) is 10.3 Å². The third-order valence-electron chi connectivity index (χ3n) is 2.66. The van der Waals surface area contributed by atoms with Crippen molar-refractivity contribution in [3.8, 4) is 5.75 Å². The first-order valence-electron chi connectivity index (χ1n) is 6.43. The highest BCUT2D eigenvalue weighted by Crippen LogP contribution is 2.16. The number of benzene rings is 1. The van der Waals surface area contributed by atoms with Gasteiger partial charge in [0, 0.05) is 16.9 Å². The molecule has 0 fully saturated rings. The van der Waals surface area contributed by atoms with Gasteiger partial charge in [-0.3, -0.25) is 4.79 Å². The molecule has 1 amide bonds. The lowest BCUT2D eigenvalue weighted by Gasteiger charge is -2.15. The SMILES string of the molecule is CC(CNC(=O)c1csc(CN)n1)Oc1ccc(Cl)cc1.Cl. The first kappa shape index (κ1) is 18.7. The zero-order chi connectivity index (χ0) is 15.2. The fraction of sp³-hybridized carbons (Fsp3) is 0.286. The molecule has 3 N–H and O–H groups in total. The molecule has 0 saturated heterocycles. The number of carbonyl (C=O) groups is 1. The fourth-order valence-corrected chi connectivity index (χ4v) is 2.40. The normalized spacial score (nSPS) is 11.4. The van der Waals surface area contributed by atoms with E-state index in [1.165, 1.54) is 11.3 Å². The molecule has 0 radical (unpaired) electrons. The molecule has 1 atom stereocenters. The molecule has 1 unspecified atom stereocenters. The molecule has 0 aliphatic heterocycles. The lowest BCUT2D eigenvalue weighted by atomic mass is 10.3. The third-order valence-corrected chi connectivity index (χ3v) is 3.78. The first-order valence-corrected chi connectivity index (χ1v) is 7.69. The van der Waals surface area contributed by atoms with Crippen LogP contribution in [0.25, 0.3) is 0 Å². The molecule has 0 aliphatic carbocycles. The maximum Gasteiger partial charge on any atom is 0.270 e. The number of thiazole rings is 1. The van der Waals surface area contributed by atoms with E-state index in [0.29, 0.717) is 29.6 Å². The summed E-state index contributed by atoms with van der Waals surface area (Å²) in [5.41, 5.74) is 5.86. The summed E-state index contributed by atoms with van der Waals surface area (Å²) in [5, 5.41) is 5.87. The van der Waals surface area contributed by atoms with Gasteiger partial charge in [0.25, 0.3) is 5.91 Å². The average Bonchev–Trinajstić information content (AvgIpc) is 2.96. The highest BCUT2D eigenvalue weighted by Gasteiger charge is 2.12. The summed E-state index contributed by atoms with van der Waals surface area (Å²) in [6.45, 7) is 2.60. The van der Waals surface area contributed by atoms with E-state index in [-0.39, 0.29) is 24.4 Å². The molecule has 5 nitrogen and oxygen atoms in total. The van der Waals surface area contributed by atoms with E-state index < -0.39 is 0 Å². The van der Waals surface area contributed by atoms with Crippen LogP contribution in [0.2, 0.25) is 5.02 Å². The third kappa shape index (κ3) is 5.46. The Morgan fingerprint density at radius 2 is 2.14 bits per heavy atom. The van der Waals surface area contributed by atoms with Crippen LogP contribution in [0.1, 0.15) is 22.4 Å². The lowest BCUT2D eigenvalue weighted by molar-refractivity contribution is 0.0928. The molecular weight excluding hydrogens is 345 g/mol. The number of carbonyl (C=O) groups excluding carboxylic acids is 1. The minimum Gasteiger partial charge on any atom is -0.489 e. The summed E-state index contributed by atoms with van der Waals surface area (Å²) >= 11 is 7.18.